The molecule has 0 amide bonds. The van der Waals surface area contributed by atoms with Crippen molar-refractivity contribution in [2.75, 3.05) is 12.8 Å². The van der Waals surface area contributed by atoms with Crippen molar-refractivity contribution in [2.45, 2.75) is 56.9 Å². The van der Waals surface area contributed by atoms with Gasteiger partial charge in [0.1, 0.15) is 0 Å². The van der Waals surface area contributed by atoms with E-state index in [9.17, 15) is 13.5 Å². The van der Waals surface area contributed by atoms with Crippen LogP contribution < -0.4 is 5.32 Å². The van der Waals surface area contributed by atoms with E-state index in [2.05, 4.69) is 5.32 Å². The fraction of sp³-hybridized carbons (Fsp3) is 1.00. The van der Waals surface area contributed by atoms with Gasteiger partial charge in [0.05, 0.1) is 11.4 Å². The van der Waals surface area contributed by atoms with Gasteiger partial charge in [0.2, 0.25) is 0 Å². The first-order chi connectivity index (χ1) is 7.82. The smallest absolute Gasteiger partial charge is 0.151 e. The van der Waals surface area contributed by atoms with Gasteiger partial charge in [0, 0.05) is 12.3 Å². The topological polar surface area (TPSA) is 66.4 Å². The van der Waals surface area contributed by atoms with Crippen molar-refractivity contribution >= 4 is 9.84 Å². The Bertz CT molecular complexity index is 327. The Morgan fingerprint density at radius 2 is 2.00 bits per heavy atom. The minimum atomic E-state index is -2.94. The molecule has 102 valence electrons. The summed E-state index contributed by atoms with van der Waals surface area (Å²) in [5.41, 5.74) is 0. The summed E-state index contributed by atoms with van der Waals surface area (Å²) < 4.78 is 23.1. The Kier molecular flexibility index (Phi) is 5.41. The van der Waals surface area contributed by atoms with Gasteiger partial charge in [-0.3, -0.25) is 0 Å². The molecular formula is C12H25NO3S. The normalized spacial score (nSPS) is 27.6. The fourth-order valence-electron chi connectivity index (χ4n) is 2.42. The average molecular weight is 263 g/mol. The molecule has 0 radical (unpaired) electrons. The molecule has 1 aliphatic rings. The molecule has 0 bridgehead atoms. The van der Waals surface area contributed by atoms with E-state index in [1.165, 1.54) is 6.26 Å². The monoisotopic (exact) mass is 263 g/mol. The van der Waals surface area contributed by atoms with Crippen LogP contribution in [0.2, 0.25) is 0 Å². The lowest BCUT2D eigenvalue weighted by Gasteiger charge is -2.21. The number of aliphatic hydroxyl groups excluding tert-OH is 1. The summed E-state index contributed by atoms with van der Waals surface area (Å²) >= 11 is 0. The summed E-state index contributed by atoms with van der Waals surface area (Å²) in [5.74, 6) is 0.256. The van der Waals surface area contributed by atoms with E-state index in [4.69, 9.17) is 0 Å². The highest BCUT2D eigenvalue weighted by Crippen LogP contribution is 2.25. The predicted molar refractivity (Wildman–Crippen MR) is 69.7 cm³/mol. The van der Waals surface area contributed by atoms with Crippen molar-refractivity contribution in [1.82, 2.24) is 5.32 Å². The summed E-state index contributed by atoms with van der Waals surface area (Å²) in [6.45, 7) is 4.66. The highest BCUT2D eigenvalue weighted by Gasteiger charge is 2.34. The summed E-state index contributed by atoms with van der Waals surface area (Å²) in [5, 5.41) is 12.7. The van der Waals surface area contributed by atoms with Crippen molar-refractivity contribution in [2.24, 2.45) is 5.92 Å². The van der Waals surface area contributed by atoms with Crippen LogP contribution in [-0.4, -0.2) is 43.7 Å². The van der Waals surface area contributed by atoms with Gasteiger partial charge in [0.15, 0.2) is 9.84 Å². The molecule has 1 rings (SSSR count). The van der Waals surface area contributed by atoms with Gasteiger partial charge >= 0.3 is 0 Å². The van der Waals surface area contributed by atoms with E-state index in [0.29, 0.717) is 13.0 Å². The molecule has 0 heterocycles. The lowest BCUT2D eigenvalue weighted by molar-refractivity contribution is 0.115. The fourth-order valence-corrected chi connectivity index (χ4v) is 3.85. The molecule has 17 heavy (non-hydrogen) atoms. The molecule has 0 saturated heterocycles. The molecule has 0 aliphatic heterocycles. The first-order valence-electron chi connectivity index (χ1n) is 6.42. The first-order valence-corrected chi connectivity index (χ1v) is 8.38. The Morgan fingerprint density at radius 1 is 1.35 bits per heavy atom. The van der Waals surface area contributed by atoms with Crippen molar-refractivity contribution in [3.05, 3.63) is 0 Å². The van der Waals surface area contributed by atoms with Crippen LogP contribution in [0, 0.1) is 5.92 Å². The maximum absolute atomic E-state index is 11.6. The molecular weight excluding hydrogens is 238 g/mol. The van der Waals surface area contributed by atoms with Crippen molar-refractivity contribution < 1.29 is 13.5 Å². The maximum Gasteiger partial charge on any atom is 0.151 e. The molecule has 0 aromatic rings. The van der Waals surface area contributed by atoms with Gasteiger partial charge in [0.25, 0.3) is 0 Å². The minimum Gasteiger partial charge on any atom is -0.393 e. The molecule has 0 aromatic heterocycles. The zero-order valence-corrected chi connectivity index (χ0v) is 11.8. The summed E-state index contributed by atoms with van der Waals surface area (Å²) in [4.78, 5) is 0. The lowest BCUT2D eigenvalue weighted by Crippen LogP contribution is -2.41. The van der Waals surface area contributed by atoms with Crippen LogP contribution >= 0.6 is 0 Å². The van der Waals surface area contributed by atoms with Gasteiger partial charge in [-0.25, -0.2) is 8.42 Å². The lowest BCUT2D eigenvalue weighted by atomic mass is 10.0. The SMILES string of the molecule is CC(C)[C@H](O)CCN[C@H]1CCC[C@H]1S(C)(=O)=O. The van der Waals surface area contributed by atoms with E-state index in [1.807, 2.05) is 13.8 Å². The second-order valence-corrected chi connectivity index (χ2v) is 7.72. The minimum absolute atomic E-state index is 0.0735. The molecule has 1 fully saturated rings. The van der Waals surface area contributed by atoms with Crippen LogP contribution in [0.4, 0.5) is 0 Å². The van der Waals surface area contributed by atoms with Gasteiger partial charge in [-0.15, -0.1) is 0 Å². The second-order valence-electron chi connectivity index (χ2n) is 5.46. The molecule has 2 N–H and O–H groups in total. The van der Waals surface area contributed by atoms with Gasteiger partial charge in [-0.2, -0.15) is 0 Å². The van der Waals surface area contributed by atoms with E-state index in [0.717, 1.165) is 19.3 Å². The number of aliphatic hydroxyl groups is 1. The third-order valence-corrected chi connectivity index (χ3v) is 5.28. The van der Waals surface area contributed by atoms with Crippen LogP contribution in [0.15, 0.2) is 0 Å². The average Bonchev–Trinajstić information content (AvgIpc) is 2.65. The highest BCUT2D eigenvalue weighted by atomic mass is 32.2. The number of rotatable bonds is 6. The Labute approximate surface area is 105 Å². The van der Waals surface area contributed by atoms with Crippen LogP contribution in [0.1, 0.15) is 39.5 Å². The highest BCUT2D eigenvalue weighted by molar-refractivity contribution is 7.91. The molecule has 3 atom stereocenters. The summed E-state index contributed by atoms with van der Waals surface area (Å²) in [6, 6.07) is 0.0735. The Balaban J connectivity index is 2.37. The second kappa shape index (κ2) is 6.16. The number of nitrogens with one attached hydrogen (secondary N) is 1. The molecule has 0 spiro atoms. The standard InChI is InChI=1S/C12H25NO3S/c1-9(2)11(14)7-8-13-10-5-4-6-12(10)17(3,15)16/h9-14H,4-8H2,1-3H3/t10-,11+,12+/m0/s1. The molecule has 0 unspecified atom stereocenters. The summed E-state index contributed by atoms with van der Waals surface area (Å²) in [7, 11) is -2.94. The quantitative estimate of drug-likeness (QED) is 0.749. The molecule has 0 aromatic carbocycles. The van der Waals surface area contributed by atoms with Crippen molar-refractivity contribution in [3.8, 4) is 0 Å². The van der Waals surface area contributed by atoms with Crippen LogP contribution in [0.25, 0.3) is 0 Å². The zero-order valence-electron chi connectivity index (χ0n) is 11.0. The molecule has 4 nitrogen and oxygen atoms in total. The van der Waals surface area contributed by atoms with E-state index in [1.54, 1.807) is 0 Å². The zero-order chi connectivity index (χ0) is 13.1. The molecule has 1 saturated carbocycles. The molecule has 1 aliphatic carbocycles. The van der Waals surface area contributed by atoms with E-state index >= 15 is 0 Å². The van der Waals surface area contributed by atoms with E-state index < -0.39 is 9.84 Å². The van der Waals surface area contributed by atoms with Crippen molar-refractivity contribution in [1.29, 1.82) is 0 Å². The van der Waals surface area contributed by atoms with Crippen LogP contribution in [-0.2, 0) is 9.84 Å². The number of sulfone groups is 1. The molecule has 5 heteroatoms. The largest absolute Gasteiger partial charge is 0.393 e. The number of hydrogen-bond donors (Lipinski definition) is 2. The van der Waals surface area contributed by atoms with Gasteiger partial charge in [-0.05, 0) is 31.7 Å². The van der Waals surface area contributed by atoms with Crippen molar-refractivity contribution in [3.63, 3.8) is 0 Å². The predicted octanol–water partition coefficient (Wildman–Crippen LogP) is 0.949. The van der Waals surface area contributed by atoms with E-state index in [-0.39, 0.29) is 23.3 Å². The third kappa shape index (κ3) is 4.56. The Hall–Kier alpha value is -0.130. The van der Waals surface area contributed by atoms with Crippen LogP contribution in [0.3, 0.4) is 0 Å². The maximum atomic E-state index is 11.6. The number of hydrogen-bond acceptors (Lipinski definition) is 4. The third-order valence-electron chi connectivity index (χ3n) is 3.62. The van der Waals surface area contributed by atoms with Gasteiger partial charge in [-0.1, -0.05) is 20.3 Å². The van der Waals surface area contributed by atoms with Crippen LogP contribution in [0.5, 0.6) is 0 Å². The Morgan fingerprint density at radius 3 is 2.53 bits per heavy atom. The van der Waals surface area contributed by atoms with Gasteiger partial charge < -0.3 is 10.4 Å². The summed E-state index contributed by atoms with van der Waals surface area (Å²) in [6.07, 6.45) is 4.37. The first kappa shape index (κ1) is 14.9.